The lowest BCUT2D eigenvalue weighted by Crippen LogP contribution is -2.39. The second kappa shape index (κ2) is 8.83. The first-order valence-corrected chi connectivity index (χ1v) is 5.47. The second-order valence-electron chi connectivity index (χ2n) is 3.97. The first-order chi connectivity index (χ1) is 5.68. The van der Waals surface area contributed by atoms with Crippen LogP contribution in [0.15, 0.2) is 0 Å². The van der Waals surface area contributed by atoms with Gasteiger partial charge in [-0.05, 0) is 19.3 Å². The van der Waals surface area contributed by atoms with Gasteiger partial charge in [0.2, 0.25) is 0 Å². The minimum atomic E-state index is 0. The van der Waals surface area contributed by atoms with Crippen molar-refractivity contribution in [2.45, 2.75) is 71.3 Å². The van der Waals surface area contributed by atoms with Crippen LogP contribution in [0.1, 0.15) is 65.7 Å². The van der Waals surface area contributed by atoms with E-state index in [2.05, 4.69) is 20.8 Å². The molecule has 1 nitrogen and oxygen atoms in total. The van der Waals surface area contributed by atoms with Crippen molar-refractivity contribution in [3.8, 4) is 0 Å². The van der Waals surface area contributed by atoms with Crippen LogP contribution in [-0.2, 0) is 0 Å². The van der Waals surface area contributed by atoms with Crippen molar-refractivity contribution >= 4 is 12.4 Å². The minimum absolute atomic E-state index is 0. The summed E-state index contributed by atoms with van der Waals surface area (Å²) in [6.07, 6.45) is 8.61. The Bertz CT molecular complexity index is 98.3. The molecule has 0 rings (SSSR count). The summed E-state index contributed by atoms with van der Waals surface area (Å²) in [7, 11) is 0. The normalized spacial score (nSPS) is 11.1. The van der Waals surface area contributed by atoms with E-state index in [-0.39, 0.29) is 17.9 Å². The maximum atomic E-state index is 6.31. The zero-order valence-electron chi connectivity index (χ0n) is 9.44. The molecule has 0 aliphatic rings. The highest BCUT2D eigenvalue weighted by atomic mass is 35.5. The molecule has 13 heavy (non-hydrogen) atoms. The van der Waals surface area contributed by atoms with E-state index in [4.69, 9.17) is 5.73 Å². The summed E-state index contributed by atoms with van der Waals surface area (Å²) in [5.74, 6) is 0. The summed E-state index contributed by atoms with van der Waals surface area (Å²) in [4.78, 5) is 0. The third kappa shape index (κ3) is 7.33. The molecule has 0 aliphatic heterocycles. The maximum Gasteiger partial charge on any atom is 0.0154 e. The molecule has 0 aliphatic carbocycles. The molecule has 0 aromatic rings. The first-order valence-electron chi connectivity index (χ1n) is 5.47. The lowest BCUT2D eigenvalue weighted by atomic mass is 9.85. The molecule has 0 amide bonds. The van der Waals surface area contributed by atoms with Crippen LogP contribution in [0.2, 0.25) is 0 Å². The fraction of sp³-hybridized carbons (Fsp3) is 1.00. The standard InChI is InChI=1S/C11H25N.ClH/c1-4-7-10-11(12,8-5-2)9-6-3;/h4-10,12H2,1-3H3;1H. The Labute approximate surface area is 89.9 Å². The van der Waals surface area contributed by atoms with Crippen LogP contribution in [0, 0.1) is 0 Å². The molecule has 0 heterocycles. The van der Waals surface area contributed by atoms with Crippen LogP contribution in [0.5, 0.6) is 0 Å². The lowest BCUT2D eigenvalue weighted by Gasteiger charge is -2.28. The maximum absolute atomic E-state index is 6.31. The monoisotopic (exact) mass is 207 g/mol. The van der Waals surface area contributed by atoms with Crippen LogP contribution >= 0.6 is 12.4 Å². The van der Waals surface area contributed by atoms with Gasteiger partial charge in [0.1, 0.15) is 0 Å². The molecule has 0 aromatic heterocycles. The zero-order chi connectivity index (χ0) is 9.45. The summed E-state index contributed by atoms with van der Waals surface area (Å²) < 4.78 is 0. The minimum Gasteiger partial charge on any atom is -0.325 e. The van der Waals surface area contributed by atoms with E-state index in [0.717, 1.165) is 0 Å². The summed E-state index contributed by atoms with van der Waals surface area (Å²) in [5, 5.41) is 0. The third-order valence-corrected chi connectivity index (χ3v) is 2.52. The van der Waals surface area contributed by atoms with E-state index in [1.54, 1.807) is 0 Å². The molecule has 0 saturated heterocycles. The van der Waals surface area contributed by atoms with Gasteiger partial charge in [0.25, 0.3) is 0 Å². The van der Waals surface area contributed by atoms with Gasteiger partial charge in [0, 0.05) is 5.54 Å². The Morgan fingerprint density at radius 1 is 0.846 bits per heavy atom. The van der Waals surface area contributed by atoms with Crippen molar-refractivity contribution in [2.75, 3.05) is 0 Å². The van der Waals surface area contributed by atoms with Crippen LogP contribution in [-0.4, -0.2) is 5.54 Å². The molecule has 82 valence electrons. The Hall–Kier alpha value is 0.250. The molecule has 0 aromatic carbocycles. The average Bonchev–Trinajstić information content (AvgIpc) is 2.02. The number of hydrogen-bond donors (Lipinski definition) is 1. The van der Waals surface area contributed by atoms with Crippen molar-refractivity contribution in [3.63, 3.8) is 0 Å². The van der Waals surface area contributed by atoms with Gasteiger partial charge in [0.15, 0.2) is 0 Å². The number of halogens is 1. The van der Waals surface area contributed by atoms with Crippen molar-refractivity contribution in [1.29, 1.82) is 0 Å². The topological polar surface area (TPSA) is 26.0 Å². The predicted octanol–water partition coefficient (Wildman–Crippen LogP) is 3.90. The molecular weight excluding hydrogens is 182 g/mol. The van der Waals surface area contributed by atoms with Gasteiger partial charge in [0.05, 0.1) is 0 Å². The number of rotatable bonds is 7. The van der Waals surface area contributed by atoms with Gasteiger partial charge < -0.3 is 5.73 Å². The van der Waals surface area contributed by atoms with Gasteiger partial charge in [-0.1, -0.05) is 46.5 Å². The van der Waals surface area contributed by atoms with Crippen molar-refractivity contribution < 1.29 is 0 Å². The molecule has 0 atom stereocenters. The molecule has 0 spiro atoms. The lowest BCUT2D eigenvalue weighted by molar-refractivity contribution is 0.324. The number of nitrogens with two attached hydrogens (primary N) is 1. The highest BCUT2D eigenvalue weighted by Crippen LogP contribution is 2.22. The van der Waals surface area contributed by atoms with Gasteiger partial charge in [-0.3, -0.25) is 0 Å². The SMILES string of the molecule is CCCCC(N)(CCC)CCC.Cl. The van der Waals surface area contributed by atoms with E-state index in [1.807, 2.05) is 0 Å². The molecular formula is C11H26ClN. The highest BCUT2D eigenvalue weighted by molar-refractivity contribution is 5.85. The molecule has 0 unspecified atom stereocenters. The third-order valence-electron chi connectivity index (χ3n) is 2.52. The van der Waals surface area contributed by atoms with Crippen LogP contribution in [0.25, 0.3) is 0 Å². The van der Waals surface area contributed by atoms with E-state index in [0.29, 0.717) is 0 Å². The summed E-state index contributed by atoms with van der Waals surface area (Å²) in [6.45, 7) is 6.69. The van der Waals surface area contributed by atoms with Gasteiger partial charge in [-0.2, -0.15) is 0 Å². The molecule has 0 saturated carbocycles. The molecule has 2 heteroatoms. The number of unbranched alkanes of at least 4 members (excludes halogenated alkanes) is 1. The smallest absolute Gasteiger partial charge is 0.0154 e. The van der Waals surface area contributed by atoms with Gasteiger partial charge >= 0.3 is 0 Å². The van der Waals surface area contributed by atoms with E-state index < -0.39 is 0 Å². The van der Waals surface area contributed by atoms with Crippen molar-refractivity contribution in [2.24, 2.45) is 5.73 Å². The largest absolute Gasteiger partial charge is 0.325 e. The zero-order valence-corrected chi connectivity index (χ0v) is 10.3. The Balaban J connectivity index is 0. The number of hydrogen-bond acceptors (Lipinski definition) is 1. The van der Waals surface area contributed by atoms with Gasteiger partial charge in [-0.25, -0.2) is 0 Å². The van der Waals surface area contributed by atoms with E-state index >= 15 is 0 Å². The van der Waals surface area contributed by atoms with Crippen LogP contribution in [0.3, 0.4) is 0 Å². The fourth-order valence-electron chi connectivity index (χ4n) is 1.90. The van der Waals surface area contributed by atoms with Crippen molar-refractivity contribution in [3.05, 3.63) is 0 Å². The summed E-state index contributed by atoms with van der Waals surface area (Å²) in [5.41, 5.74) is 6.46. The van der Waals surface area contributed by atoms with E-state index in [9.17, 15) is 0 Å². The van der Waals surface area contributed by atoms with Crippen molar-refractivity contribution in [1.82, 2.24) is 0 Å². The Kier molecular flexibility index (Phi) is 10.7. The fourth-order valence-corrected chi connectivity index (χ4v) is 1.90. The molecule has 2 N–H and O–H groups in total. The highest BCUT2D eigenvalue weighted by Gasteiger charge is 2.21. The average molecular weight is 208 g/mol. The molecule has 0 bridgehead atoms. The Morgan fingerprint density at radius 3 is 1.62 bits per heavy atom. The molecule has 0 radical (unpaired) electrons. The molecule has 0 fully saturated rings. The predicted molar refractivity (Wildman–Crippen MR) is 63.5 cm³/mol. The van der Waals surface area contributed by atoms with Crippen LogP contribution in [0.4, 0.5) is 0 Å². The summed E-state index contributed by atoms with van der Waals surface area (Å²) in [6, 6.07) is 0. The van der Waals surface area contributed by atoms with Gasteiger partial charge in [-0.15, -0.1) is 12.4 Å². The summed E-state index contributed by atoms with van der Waals surface area (Å²) >= 11 is 0. The van der Waals surface area contributed by atoms with E-state index in [1.165, 1.54) is 44.9 Å². The van der Waals surface area contributed by atoms with Crippen LogP contribution < -0.4 is 5.73 Å². The quantitative estimate of drug-likeness (QED) is 0.674. The Morgan fingerprint density at radius 2 is 1.31 bits per heavy atom. The first kappa shape index (κ1) is 15.7. The second-order valence-corrected chi connectivity index (χ2v) is 3.97.